The van der Waals surface area contributed by atoms with E-state index < -0.39 is 0 Å². The number of likely N-dealkylation sites (tertiary alicyclic amines) is 1. The SMILES string of the molecule is CC1(C)CCN(C(=O)OCc2ccccc2)C1. The van der Waals surface area contributed by atoms with E-state index in [0.29, 0.717) is 6.61 Å². The van der Waals surface area contributed by atoms with Gasteiger partial charge in [-0.15, -0.1) is 0 Å². The van der Waals surface area contributed by atoms with Crippen molar-refractivity contribution in [3.8, 4) is 0 Å². The summed E-state index contributed by atoms with van der Waals surface area (Å²) in [7, 11) is 0. The zero-order chi connectivity index (χ0) is 12.3. The fourth-order valence-electron chi connectivity index (χ4n) is 2.08. The monoisotopic (exact) mass is 233 g/mol. The van der Waals surface area contributed by atoms with Crippen LogP contribution in [0.25, 0.3) is 0 Å². The molecule has 0 spiro atoms. The number of amides is 1. The summed E-state index contributed by atoms with van der Waals surface area (Å²) < 4.78 is 5.29. The number of rotatable bonds is 2. The molecule has 1 amide bonds. The highest BCUT2D eigenvalue weighted by atomic mass is 16.6. The third kappa shape index (κ3) is 3.22. The molecule has 3 nitrogen and oxygen atoms in total. The first kappa shape index (κ1) is 12.0. The average molecular weight is 233 g/mol. The van der Waals surface area contributed by atoms with Gasteiger partial charge in [0.15, 0.2) is 0 Å². The Morgan fingerprint density at radius 2 is 2.06 bits per heavy atom. The third-order valence-electron chi connectivity index (χ3n) is 3.14. The Hall–Kier alpha value is -1.51. The number of nitrogens with zero attached hydrogens (tertiary/aromatic N) is 1. The summed E-state index contributed by atoms with van der Waals surface area (Å²) in [4.78, 5) is 13.6. The number of carbonyl (C=O) groups excluding carboxylic acids is 1. The summed E-state index contributed by atoms with van der Waals surface area (Å²) in [6, 6.07) is 9.76. The van der Waals surface area contributed by atoms with E-state index in [1.807, 2.05) is 30.3 Å². The molecule has 0 saturated carbocycles. The zero-order valence-corrected chi connectivity index (χ0v) is 10.5. The van der Waals surface area contributed by atoms with Crippen molar-refractivity contribution in [1.29, 1.82) is 0 Å². The third-order valence-corrected chi connectivity index (χ3v) is 3.14. The van der Waals surface area contributed by atoms with Crippen LogP contribution >= 0.6 is 0 Å². The van der Waals surface area contributed by atoms with Gasteiger partial charge in [0.2, 0.25) is 0 Å². The van der Waals surface area contributed by atoms with Gasteiger partial charge in [0.05, 0.1) is 0 Å². The molecule has 1 fully saturated rings. The van der Waals surface area contributed by atoms with E-state index in [9.17, 15) is 4.79 Å². The van der Waals surface area contributed by atoms with Gasteiger partial charge in [0.25, 0.3) is 0 Å². The quantitative estimate of drug-likeness (QED) is 0.785. The van der Waals surface area contributed by atoms with E-state index in [4.69, 9.17) is 4.74 Å². The predicted octanol–water partition coefficient (Wildman–Crippen LogP) is 3.06. The number of hydrogen-bond donors (Lipinski definition) is 0. The molecule has 17 heavy (non-hydrogen) atoms. The van der Waals surface area contributed by atoms with Crippen LogP contribution in [0.4, 0.5) is 4.79 Å². The molecule has 0 radical (unpaired) electrons. The second-order valence-corrected chi connectivity index (χ2v) is 5.38. The lowest BCUT2D eigenvalue weighted by molar-refractivity contribution is 0.101. The van der Waals surface area contributed by atoms with Crippen LogP contribution in [0, 0.1) is 5.41 Å². The molecule has 3 heteroatoms. The lowest BCUT2D eigenvalue weighted by atomic mass is 9.93. The summed E-state index contributed by atoms with van der Waals surface area (Å²) >= 11 is 0. The van der Waals surface area contributed by atoms with Crippen molar-refractivity contribution in [2.75, 3.05) is 13.1 Å². The number of ether oxygens (including phenoxy) is 1. The molecule has 1 aromatic carbocycles. The molecule has 0 bridgehead atoms. The van der Waals surface area contributed by atoms with Crippen LogP contribution in [-0.4, -0.2) is 24.1 Å². The van der Waals surface area contributed by atoms with Gasteiger partial charge in [0.1, 0.15) is 6.61 Å². The van der Waals surface area contributed by atoms with E-state index in [-0.39, 0.29) is 11.5 Å². The Morgan fingerprint density at radius 1 is 1.35 bits per heavy atom. The van der Waals surface area contributed by atoms with Gasteiger partial charge in [0, 0.05) is 13.1 Å². The highest BCUT2D eigenvalue weighted by Gasteiger charge is 2.32. The minimum Gasteiger partial charge on any atom is -0.445 e. The van der Waals surface area contributed by atoms with Crippen LogP contribution in [0.1, 0.15) is 25.8 Å². The highest BCUT2D eigenvalue weighted by molar-refractivity contribution is 5.68. The molecule has 0 atom stereocenters. The summed E-state index contributed by atoms with van der Waals surface area (Å²) in [6.07, 6.45) is 0.854. The Kier molecular flexibility index (Phi) is 3.36. The smallest absolute Gasteiger partial charge is 0.410 e. The number of hydrogen-bond acceptors (Lipinski definition) is 2. The maximum atomic E-state index is 11.8. The Labute approximate surface area is 102 Å². The van der Waals surface area contributed by atoms with Gasteiger partial charge in [-0.25, -0.2) is 4.79 Å². The van der Waals surface area contributed by atoms with Crippen molar-refractivity contribution in [3.05, 3.63) is 35.9 Å². The molecule has 1 heterocycles. The molecule has 0 aliphatic carbocycles. The summed E-state index contributed by atoms with van der Waals surface area (Å²) in [5.41, 5.74) is 1.26. The summed E-state index contributed by atoms with van der Waals surface area (Å²) in [5.74, 6) is 0. The fraction of sp³-hybridized carbons (Fsp3) is 0.500. The maximum absolute atomic E-state index is 11.8. The van der Waals surface area contributed by atoms with E-state index in [0.717, 1.165) is 25.1 Å². The van der Waals surface area contributed by atoms with Crippen LogP contribution in [0.5, 0.6) is 0 Å². The van der Waals surface area contributed by atoms with Crippen LogP contribution in [0.3, 0.4) is 0 Å². The molecule has 1 aliphatic rings. The fourth-order valence-corrected chi connectivity index (χ4v) is 2.08. The van der Waals surface area contributed by atoms with Crippen LogP contribution in [0.2, 0.25) is 0 Å². The van der Waals surface area contributed by atoms with E-state index in [2.05, 4.69) is 13.8 Å². The maximum Gasteiger partial charge on any atom is 0.410 e. The lowest BCUT2D eigenvalue weighted by Crippen LogP contribution is -2.30. The second-order valence-electron chi connectivity index (χ2n) is 5.38. The van der Waals surface area contributed by atoms with Gasteiger partial charge in [-0.05, 0) is 17.4 Å². The van der Waals surface area contributed by atoms with E-state index in [1.165, 1.54) is 0 Å². The van der Waals surface area contributed by atoms with Gasteiger partial charge >= 0.3 is 6.09 Å². The van der Waals surface area contributed by atoms with Crippen molar-refractivity contribution in [2.45, 2.75) is 26.9 Å². The van der Waals surface area contributed by atoms with Crippen molar-refractivity contribution >= 4 is 6.09 Å². The Morgan fingerprint density at radius 3 is 2.65 bits per heavy atom. The average Bonchev–Trinajstić information content (AvgIpc) is 2.68. The summed E-state index contributed by atoms with van der Waals surface area (Å²) in [5, 5.41) is 0. The molecule has 92 valence electrons. The highest BCUT2D eigenvalue weighted by Crippen LogP contribution is 2.29. The molecule has 0 unspecified atom stereocenters. The topological polar surface area (TPSA) is 29.5 Å². The molecular weight excluding hydrogens is 214 g/mol. The van der Waals surface area contributed by atoms with E-state index in [1.54, 1.807) is 4.90 Å². The van der Waals surface area contributed by atoms with Crippen molar-refractivity contribution in [3.63, 3.8) is 0 Å². The molecule has 0 aromatic heterocycles. The number of carbonyl (C=O) groups is 1. The number of benzene rings is 1. The van der Waals surface area contributed by atoms with Gasteiger partial charge < -0.3 is 9.64 Å². The first-order chi connectivity index (χ1) is 8.07. The first-order valence-corrected chi connectivity index (χ1v) is 6.02. The summed E-state index contributed by atoms with van der Waals surface area (Å²) in [6.45, 7) is 6.31. The van der Waals surface area contributed by atoms with Crippen LogP contribution in [0.15, 0.2) is 30.3 Å². The molecule has 2 rings (SSSR count). The Bertz CT molecular complexity index is 386. The molecule has 1 saturated heterocycles. The van der Waals surface area contributed by atoms with Crippen molar-refractivity contribution in [2.24, 2.45) is 5.41 Å². The van der Waals surface area contributed by atoms with Gasteiger partial charge in [-0.2, -0.15) is 0 Å². The normalized spacial score (nSPS) is 18.1. The van der Waals surface area contributed by atoms with E-state index >= 15 is 0 Å². The molecule has 1 aliphatic heterocycles. The molecule has 1 aromatic rings. The standard InChI is InChI=1S/C14H19NO2/c1-14(2)8-9-15(11-14)13(16)17-10-12-6-4-3-5-7-12/h3-7H,8-11H2,1-2H3. The largest absolute Gasteiger partial charge is 0.445 e. The predicted molar refractivity (Wildman–Crippen MR) is 66.6 cm³/mol. The van der Waals surface area contributed by atoms with Crippen molar-refractivity contribution in [1.82, 2.24) is 4.90 Å². The second kappa shape index (κ2) is 4.78. The Balaban J connectivity index is 1.83. The van der Waals surface area contributed by atoms with Crippen molar-refractivity contribution < 1.29 is 9.53 Å². The van der Waals surface area contributed by atoms with Gasteiger partial charge in [-0.3, -0.25) is 0 Å². The van der Waals surface area contributed by atoms with Crippen LogP contribution in [-0.2, 0) is 11.3 Å². The molecule has 0 N–H and O–H groups in total. The first-order valence-electron chi connectivity index (χ1n) is 6.02. The molecular formula is C14H19NO2. The van der Waals surface area contributed by atoms with Gasteiger partial charge in [-0.1, -0.05) is 44.2 Å². The van der Waals surface area contributed by atoms with Crippen LogP contribution < -0.4 is 0 Å². The lowest BCUT2D eigenvalue weighted by Gasteiger charge is -2.19. The zero-order valence-electron chi connectivity index (χ0n) is 10.5. The minimum absolute atomic E-state index is 0.195. The minimum atomic E-state index is -0.195.